The highest BCUT2D eigenvalue weighted by Gasteiger charge is 2.41. The van der Waals surface area contributed by atoms with Crippen LogP contribution in [0.25, 0.3) is 32.3 Å². The highest BCUT2D eigenvalue weighted by atomic mass is 79.9. The Hall–Kier alpha value is -3.98. The molecule has 0 nitrogen and oxygen atoms in total. The van der Waals surface area contributed by atoms with Crippen molar-refractivity contribution in [3.05, 3.63) is 156 Å². The van der Waals surface area contributed by atoms with Gasteiger partial charge in [0.25, 0.3) is 0 Å². The molecule has 7 aromatic rings. The van der Waals surface area contributed by atoms with E-state index in [1.807, 2.05) is 0 Å². The molecule has 0 aliphatic heterocycles. The Kier molecular flexibility index (Phi) is 5.73. The van der Waals surface area contributed by atoms with E-state index in [0.717, 1.165) is 4.47 Å². The van der Waals surface area contributed by atoms with Gasteiger partial charge in [-0.1, -0.05) is 155 Å². The summed E-state index contributed by atoms with van der Waals surface area (Å²) in [5.74, 6) is 0. The van der Waals surface area contributed by atoms with Crippen LogP contribution in [0.3, 0.4) is 0 Å². The van der Waals surface area contributed by atoms with Gasteiger partial charge in [-0.15, -0.1) is 0 Å². The van der Waals surface area contributed by atoms with Gasteiger partial charge in [0.05, 0.1) is 0 Å². The summed E-state index contributed by atoms with van der Waals surface area (Å²) in [6.45, 7) is 0. The van der Waals surface area contributed by atoms with Gasteiger partial charge in [0.1, 0.15) is 0 Å². The van der Waals surface area contributed by atoms with Gasteiger partial charge < -0.3 is 0 Å². The molecule has 0 radical (unpaired) electrons. The molecule has 0 fully saturated rings. The maximum Gasteiger partial charge on any atom is 0.179 e. The molecule has 7 rings (SSSR count). The molecule has 0 aromatic heterocycles. The van der Waals surface area contributed by atoms with Crippen LogP contribution in [0, 0.1) is 0 Å². The molecule has 180 valence electrons. The van der Waals surface area contributed by atoms with Gasteiger partial charge in [-0.3, -0.25) is 0 Å². The van der Waals surface area contributed by atoms with Crippen LogP contribution in [0.2, 0.25) is 0 Å². The van der Waals surface area contributed by atoms with Crippen molar-refractivity contribution in [1.29, 1.82) is 0 Å². The normalized spacial score (nSPS) is 11.8. The summed E-state index contributed by atoms with van der Waals surface area (Å²) in [6.07, 6.45) is 0. The fourth-order valence-corrected chi connectivity index (χ4v) is 11.2. The Balaban J connectivity index is 1.65. The van der Waals surface area contributed by atoms with E-state index in [2.05, 4.69) is 168 Å². The zero-order valence-electron chi connectivity index (χ0n) is 20.8. The Morgan fingerprint density at radius 1 is 0.316 bits per heavy atom. The molecule has 0 bridgehead atoms. The molecule has 0 atom stereocenters. The molecule has 0 heterocycles. The van der Waals surface area contributed by atoms with E-state index in [4.69, 9.17) is 0 Å². The molecule has 0 saturated heterocycles. The number of benzene rings is 7. The summed E-state index contributed by atoms with van der Waals surface area (Å²) in [5, 5.41) is 13.4. The van der Waals surface area contributed by atoms with E-state index in [0.29, 0.717) is 0 Å². The first kappa shape index (κ1) is 23.2. The maximum absolute atomic E-state index is 3.68. The summed E-state index contributed by atoms with van der Waals surface area (Å²) >= 11 is 3.68. The fourth-order valence-electron chi connectivity index (χ4n) is 6.22. The van der Waals surface area contributed by atoms with Crippen molar-refractivity contribution in [3.63, 3.8) is 0 Å². The van der Waals surface area contributed by atoms with Crippen LogP contribution in [-0.2, 0) is 0 Å². The molecule has 0 unspecified atom stereocenters. The molecular formula is C36H25BrSi. The molecule has 2 heteroatoms. The SMILES string of the molecule is Brc1ccc([Si](c2ccccc2)(c2ccccc2)c2ccc3c4ccccc4c4ccccc4c3c2)cc1. The predicted molar refractivity (Wildman–Crippen MR) is 170 cm³/mol. The van der Waals surface area contributed by atoms with Gasteiger partial charge in [-0.05, 0) is 65.2 Å². The third kappa shape index (κ3) is 3.56. The molecule has 0 N–H and O–H groups in total. The van der Waals surface area contributed by atoms with Crippen molar-refractivity contribution in [3.8, 4) is 0 Å². The topological polar surface area (TPSA) is 0 Å². The fraction of sp³-hybridized carbons (Fsp3) is 0. The lowest BCUT2D eigenvalue weighted by molar-refractivity contribution is 1.65. The van der Waals surface area contributed by atoms with E-state index < -0.39 is 8.07 Å². The van der Waals surface area contributed by atoms with E-state index in [-0.39, 0.29) is 0 Å². The molecule has 0 amide bonds. The summed E-state index contributed by atoms with van der Waals surface area (Å²) in [4.78, 5) is 0. The van der Waals surface area contributed by atoms with Crippen molar-refractivity contribution in [2.24, 2.45) is 0 Å². The summed E-state index contributed by atoms with van der Waals surface area (Å²) in [6, 6.07) is 56.2. The number of rotatable bonds is 4. The lowest BCUT2D eigenvalue weighted by Crippen LogP contribution is -2.74. The molecule has 0 saturated carbocycles. The zero-order chi connectivity index (χ0) is 25.5. The number of halogens is 1. The smallest absolute Gasteiger partial charge is 0.0623 e. The number of hydrogen-bond acceptors (Lipinski definition) is 0. The van der Waals surface area contributed by atoms with Crippen molar-refractivity contribution in [2.45, 2.75) is 0 Å². The van der Waals surface area contributed by atoms with E-state index in [9.17, 15) is 0 Å². The Morgan fingerprint density at radius 2 is 0.684 bits per heavy atom. The first-order valence-corrected chi connectivity index (χ1v) is 15.8. The monoisotopic (exact) mass is 564 g/mol. The second-order valence-corrected chi connectivity index (χ2v) is 14.6. The summed E-state index contributed by atoms with van der Waals surface area (Å²) in [7, 11) is -2.62. The van der Waals surface area contributed by atoms with Crippen LogP contribution in [0.5, 0.6) is 0 Å². The summed E-state index contributed by atoms with van der Waals surface area (Å²) < 4.78 is 1.10. The average molecular weight is 566 g/mol. The highest BCUT2D eigenvalue weighted by molar-refractivity contribution is 9.10. The maximum atomic E-state index is 3.68. The molecule has 0 aliphatic carbocycles. The van der Waals surface area contributed by atoms with E-state index >= 15 is 0 Å². The van der Waals surface area contributed by atoms with Gasteiger partial charge >= 0.3 is 0 Å². The lowest BCUT2D eigenvalue weighted by atomic mass is 9.94. The first-order valence-electron chi connectivity index (χ1n) is 13.0. The number of fused-ring (bicyclic) bond motifs is 6. The van der Waals surface area contributed by atoms with Gasteiger partial charge in [0, 0.05) is 4.47 Å². The molecule has 7 aromatic carbocycles. The van der Waals surface area contributed by atoms with Gasteiger partial charge in [-0.2, -0.15) is 0 Å². The minimum absolute atomic E-state index is 1.10. The predicted octanol–water partition coefficient (Wildman–Crippen LogP) is 7.29. The van der Waals surface area contributed by atoms with Crippen LogP contribution < -0.4 is 20.7 Å². The van der Waals surface area contributed by atoms with Crippen LogP contribution in [-0.4, -0.2) is 8.07 Å². The van der Waals surface area contributed by atoms with Crippen LogP contribution in [0.4, 0.5) is 0 Å². The minimum Gasteiger partial charge on any atom is -0.0623 e. The Morgan fingerprint density at radius 3 is 1.18 bits per heavy atom. The third-order valence-corrected chi connectivity index (χ3v) is 13.2. The van der Waals surface area contributed by atoms with Crippen molar-refractivity contribution >= 4 is 77.1 Å². The van der Waals surface area contributed by atoms with E-state index in [1.165, 1.54) is 53.1 Å². The van der Waals surface area contributed by atoms with Crippen molar-refractivity contribution in [2.75, 3.05) is 0 Å². The second-order valence-electron chi connectivity index (χ2n) is 9.84. The quantitative estimate of drug-likeness (QED) is 0.120. The molecular weight excluding hydrogens is 540 g/mol. The summed E-state index contributed by atoms with van der Waals surface area (Å²) in [5.41, 5.74) is 0. The largest absolute Gasteiger partial charge is 0.179 e. The first-order chi connectivity index (χ1) is 18.8. The van der Waals surface area contributed by atoms with Gasteiger partial charge in [0.15, 0.2) is 8.07 Å². The molecule has 38 heavy (non-hydrogen) atoms. The van der Waals surface area contributed by atoms with Gasteiger partial charge in [-0.25, -0.2) is 0 Å². The van der Waals surface area contributed by atoms with E-state index in [1.54, 1.807) is 0 Å². The standard InChI is InChI=1S/C36H25BrSi/c37-26-19-21-29(22-20-26)38(27-11-3-1-4-12-27,28-13-5-2-6-14-28)30-23-24-35-33-17-8-7-15-31(33)32-16-9-10-18-34(32)36(35)25-30/h1-25H. The Bertz CT molecular complexity index is 1830. The molecule has 0 spiro atoms. The Labute approximate surface area is 232 Å². The average Bonchev–Trinajstić information content (AvgIpc) is 3.00. The van der Waals surface area contributed by atoms with Crippen LogP contribution in [0.1, 0.15) is 0 Å². The minimum atomic E-state index is -2.62. The third-order valence-electron chi connectivity index (χ3n) is 7.87. The van der Waals surface area contributed by atoms with Crippen molar-refractivity contribution < 1.29 is 0 Å². The number of hydrogen-bond donors (Lipinski definition) is 0. The van der Waals surface area contributed by atoms with Gasteiger partial charge in [0.2, 0.25) is 0 Å². The van der Waals surface area contributed by atoms with Crippen molar-refractivity contribution in [1.82, 2.24) is 0 Å². The highest BCUT2D eigenvalue weighted by Crippen LogP contribution is 2.34. The lowest BCUT2D eigenvalue weighted by Gasteiger charge is -2.34. The molecule has 0 aliphatic rings. The second kappa shape index (κ2) is 9.40. The van der Waals surface area contributed by atoms with Crippen LogP contribution >= 0.6 is 15.9 Å². The zero-order valence-corrected chi connectivity index (χ0v) is 23.4. The van der Waals surface area contributed by atoms with Crippen LogP contribution in [0.15, 0.2) is 156 Å².